The number of ether oxygens (including phenoxy) is 2. The number of fused-ring (bicyclic) bond motifs is 1. The van der Waals surface area contributed by atoms with E-state index >= 15 is 0 Å². The van der Waals surface area contributed by atoms with Gasteiger partial charge < -0.3 is 19.9 Å². The summed E-state index contributed by atoms with van der Waals surface area (Å²) in [5.74, 6) is -0.906. The number of nitrogens with one attached hydrogen (secondary N) is 1. The Bertz CT molecular complexity index is 545. The van der Waals surface area contributed by atoms with Crippen LogP contribution in [0, 0.1) is 5.92 Å². The van der Waals surface area contributed by atoms with Gasteiger partial charge in [-0.2, -0.15) is 0 Å². The molecule has 1 aromatic carbocycles. The van der Waals surface area contributed by atoms with Crippen LogP contribution in [0.3, 0.4) is 0 Å². The molecule has 2 N–H and O–H groups in total. The number of carbonyl (C=O) groups is 2. The number of carbonyl (C=O) groups excluding carboxylic acids is 1. The van der Waals surface area contributed by atoms with E-state index in [1.54, 1.807) is 39.0 Å². The maximum Gasteiger partial charge on any atom is 0.308 e. The van der Waals surface area contributed by atoms with Gasteiger partial charge in [-0.15, -0.1) is 0 Å². The normalized spacial score (nSPS) is 23.0. The third-order valence-corrected chi connectivity index (χ3v) is 3.61. The highest BCUT2D eigenvalue weighted by molar-refractivity contribution is 5.83. The fourth-order valence-electron chi connectivity index (χ4n) is 2.05. The summed E-state index contributed by atoms with van der Waals surface area (Å²) >= 11 is 0. The van der Waals surface area contributed by atoms with Crippen molar-refractivity contribution in [3.63, 3.8) is 0 Å². The number of rotatable bonds is 4. The van der Waals surface area contributed by atoms with Crippen LogP contribution in [-0.2, 0) is 9.59 Å². The van der Waals surface area contributed by atoms with Crippen molar-refractivity contribution < 1.29 is 24.2 Å². The summed E-state index contributed by atoms with van der Waals surface area (Å²) in [7, 11) is 0. The molecule has 0 saturated heterocycles. The SMILES string of the molecule is CC(NC(=O)C1Oc2ccccc2OC1C)C(C)C(=O)O. The van der Waals surface area contributed by atoms with Crippen LogP contribution in [0.15, 0.2) is 24.3 Å². The number of carboxylic acids is 1. The lowest BCUT2D eigenvalue weighted by Crippen LogP contribution is -2.52. The molecule has 0 fully saturated rings. The van der Waals surface area contributed by atoms with E-state index in [9.17, 15) is 9.59 Å². The van der Waals surface area contributed by atoms with Crippen LogP contribution in [-0.4, -0.2) is 35.2 Å². The standard InChI is InChI=1S/C15H19NO5/c1-8(15(18)19)9(2)16-14(17)13-10(3)20-11-6-4-5-7-12(11)21-13/h4-10,13H,1-3H3,(H,16,17)(H,18,19). The fraction of sp³-hybridized carbons (Fsp3) is 0.467. The molecular weight excluding hydrogens is 274 g/mol. The third kappa shape index (κ3) is 3.26. The Balaban J connectivity index is 2.05. The van der Waals surface area contributed by atoms with Gasteiger partial charge in [-0.05, 0) is 32.9 Å². The first kappa shape index (κ1) is 15.2. The predicted molar refractivity (Wildman–Crippen MR) is 75.4 cm³/mol. The van der Waals surface area contributed by atoms with Crippen LogP contribution in [0.25, 0.3) is 0 Å². The monoisotopic (exact) mass is 293 g/mol. The Kier molecular flexibility index (Phi) is 4.35. The molecule has 6 heteroatoms. The minimum absolute atomic E-state index is 0.377. The number of para-hydroxylation sites is 2. The molecule has 0 spiro atoms. The lowest BCUT2D eigenvalue weighted by molar-refractivity contribution is -0.142. The van der Waals surface area contributed by atoms with Crippen LogP contribution in [0.4, 0.5) is 0 Å². The quantitative estimate of drug-likeness (QED) is 0.877. The lowest BCUT2D eigenvalue weighted by atomic mass is 10.0. The van der Waals surface area contributed by atoms with Gasteiger partial charge in [0.25, 0.3) is 5.91 Å². The van der Waals surface area contributed by atoms with E-state index in [1.807, 2.05) is 6.07 Å². The zero-order chi connectivity index (χ0) is 15.6. The molecule has 0 bridgehead atoms. The topological polar surface area (TPSA) is 84.9 Å². The van der Waals surface area contributed by atoms with E-state index in [0.29, 0.717) is 11.5 Å². The highest BCUT2D eigenvalue weighted by Gasteiger charge is 2.35. The molecule has 0 aliphatic carbocycles. The molecule has 114 valence electrons. The first-order valence-corrected chi connectivity index (χ1v) is 6.85. The summed E-state index contributed by atoms with van der Waals surface area (Å²) in [5.41, 5.74) is 0. The molecule has 1 aromatic rings. The summed E-state index contributed by atoms with van der Waals surface area (Å²) in [4.78, 5) is 23.2. The largest absolute Gasteiger partial charge is 0.482 e. The highest BCUT2D eigenvalue weighted by Crippen LogP contribution is 2.33. The number of aliphatic carboxylic acids is 1. The van der Waals surface area contributed by atoms with Gasteiger partial charge in [0.2, 0.25) is 6.10 Å². The maximum atomic E-state index is 12.2. The van der Waals surface area contributed by atoms with E-state index in [0.717, 1.165) is 0 Å². The molecular formula is C15H19NO5. The van der Waals surface area contributed by atoms with Gasteiger partial charge in [0.15, 0.2) is 11.5 Å². The molecule has 4 unspecified atom stereocenters. The summed E-state index contributed by atoms with van der Waals surface area (Å²) in [5, 5.41) is 11.6. The van der Waals surface area contributed by atoms with Gasteiger partial charge in [-0.3, -0.25) is 9.59 Å². The van der Waals surface area contributed by atoms with E-state index in [1.165, 1.54) is 0 Å². The van der Waals surface area contributed by atoms with E-state index in [4.69, 9.17) is 14.6 Å². The molecule has 4 atom stereocenters. The second kappa shape index (κ2) is 6.03. The third-order valence-electron chi connectivity index (χ3n) is 3.61. The first-order valence-electron chi connectivity index (χ1n) is 6.85. The van der Waals surface area contributed by atoms with E-state index < -0.39 is 30.1 Å². The number of hydrogen-bond donors (Lipinski definition) is 2. The summed E-state index contributed by atoms with van der Waals surface area (Å²) in [6, 6.07) is 6.62. The minimum atomic E-state index is -0.956. The van der Waals surface area contributed by atoms with Crippen molar-refractivity contribution in [3.8, 4) is 11.5 Å². The number of carboxylic acid groups (broad SMARTS) is 1. The van der Waals surface area contributed by atoms with Crippen molar-refractivity contribution in [2.24, 2.45) is 5.92 Å². The number of amides is 1. The fourth-order valence-corrected chi connectivity index (χ4v) is 2.05. The van der Waals surface area contributed by atoms with Gasteiger partial charge in [0, 0.05) is 6.04 Å². The molecule has 0 aromatic heterocycles. The number of benzene rings is 1. The molecule has 0 radical (unpaired) electrons. The maximum absolute atomic E-state index is 12.2. The van der Waals surface area contributed by atoms with E-state index in [2.05, 4.69) is 5.32 Å². The first-order chi connectivity index (χ1) is 9.90. The van der Waals surface area contributed by atoms with Crippen LogP contribution in [0.2, 0.25) is 0 Å². The van der Waals surface area contributed by atoms with Crippen LogP contribution in [0.1, 0.15) is 20.8 Å². The van der Waals surface area contributed by atoms with Crippen molar-refractivity contribution in [1.82, 2.24) is 5.32 Å². The molecule has 6 nitrogen and oxygen atoms in total. The molecule has 1 heterocycles. The molecule has 2 rings (SSSR count). The van der Waals surface area contributed by atoms with Gasteiger partial charge in [-0.25, -0.2) is 0 Å². The van der Waals surface area contributed by atoms with Crippen molar-refractivity contribution in [2.45, 2.75) is 39.0 Å². The lowest BCUT2D eigenvalue weighted by Gasteiger charge is -2.32. The molecule has 1 amide bonds. The zero-order valence-corrected chi connectivity index (χ0v) is 12.2. The van der Waals surface area contributed by atoms with Gasteiger partial charge >= 0.3 is 5.97 Å². The molecule has 1 aliphatic heterocycles. The minimum Gasteiger partial charge on any atom is -0.482 e. The van der Waals surface area contributed by atoms with Crippen LogP contribution < -0.4 is 14.8 Å². The Morgan fingerprint density at radius 3 is 2.33 bits per heavy atom. The summed E-state index contributed by atoms with van der Waals surface area (Å²) < 4.78 is 11.3. The van der Waals surface area contributed by atoms with Gasteiger partial charge in [-0.1, -0.05) is 12.1 Å². The second-order valence-electron chi connectivity index (χ2n) is 5.23. The highest BCUT2D eigenvalue weighted by atomic mass is 16.6. The average molecular weight is 293 g/mol. The summed E-state index contributed by atoms with van der Waals surface area (Å²) in [6.07, 6.45) is -1.25. The smallest absolute Gasteiger partial charge is 0.308 e. The van der Waals surface area contributed by atoms with Crippen molar-refractivity contribution in [3.05, 3.63) is 24.3 Å². The van der Waals surface area contributed by atoms with E-state index in [-0.39, 0.29) is 5.91 Å². The van der Waals surface area contributed by atoms with Crippen molar-refractivity contribution >= 4 is 11.9 Å². The summed E-state index contributed by atoms with van der Waals surface area (Å²) in [6.45, 7) is 4.94. The number of hydrogen-bond acceptors (Lipinski definition) is 4. The van der Waals surface area contributed by atoms with Gasteiger partial charge in [0.1, 0.15) is 6.10 Å². The van der Waals surface area contributed by atoms with Crippen LogP contribution in [0.5, 0.6) is 11.5 Å². The second-order valence-corrected chi connectivity index (χ2v) is 5.23. The Morgan fingerprint density at radius 1 is 1.19 bits per heavy atom. The Morgan fingerprint density at radius 2 is 1.76 bits per heavy atom. The molecule has 21 heavy (non-hydrogen) atoms. The molecule has 1 aliphatic rings. The van der Waals surface area contributed by atoms with Crippen molar-refractivity contribution in [2.75, 3.05) is 0 Å². The van der Waals surface area contributed by atoms with Gasteiger partial charge in [0.05, 0.1) is 5.92 Å². The molecule has 0 saturated carbocycles. The zero-order valence-electron chi connectivity index (χ0n) is 12.2. The van der Waals surface area contributed by atoms with Crippen molar-refractivity contribution in [1.29, 1.82) is 0 Å². The predicted octanol–water partition coefficient (Wildman–Crippen LogP) is 1.44. The Hall–Kier alpha value is -2.24. The van der Waals surface area contributed by atoms with Crippen LogP contribution >= 0.6 is 0 Å². The average Bonchev–Trinajstić information content (AvgIpc) is 2.45. The Labute approximate surface area is 123 Å².